The van der Waals surface area contributed by atoms with Crippen LogP contribution >= 0.6 is 0 Å². The minimum absolute atomic E-state index is 0.121. The highest BCUT2D eigenvalue weighted by Gasteiger charge is 2.47. The zero-order valence-electron chi connectivity index (χ0n) is 12.7. The number of pyridine rings is 1. The Morgan fingerprint density at radius 1 is 1.24 bits per heavy atom. The molecule has 2 aromatic rings. The first-order valence-corrected chi connectivity index (χ1v) is 8.29. The van der Waals surface area contributed by atoms with E-state index in [2.05, 4.69) is 10.3 Å². The van der Waals surface area contributed by atoms with Crippen LogP contribution in [0.1, 0.15) is 18.7 Å². The third-order valence-corrected chi connectivity index (χ3v) is 4.77. The van der Waals surface area contributed by atoms with Crippen LogP contribution in [0.4, 0.5) is 24.5 Å². The van der Waals surface area contributed by atoms with Crippen molar-refractivity contribution in [1.82, 2.24) is 4.98 Å². The number of alkyl halides is 3. The van der Waals surface area contributed by atoms with Gasteiger partial charge in [-0.1, -0.05) is 6.07 Å². The highest BCUT2D eigenvalue weighted by Crippen LogP contribution is 2.35. The molecule has 2 rings (SSSR count). The topological polar surface area (TPSA) is 102 Å². The molecule has 0 amide bonds. The molecule has 0 radical (unpaired) electrons. The average molecular weight is 375 g/mol. The zero-order valence-corrected chi connectivity index (χ0v) is 13.5. The van der Waals surface area contributed by atoms with Gasteiger partial charge in [0.1, 0.15) is 5.69 Å². The first-order chi connectivity index (χ1) is 11.5. The van der Waals surface area contributed by atoms with Gasteiger partial charge in [-0.05, 0) is 31.2 Å². The molecule has 134 valence electrons. The average Bonchev–Trinajstić information content (AvgIpc) is 2.54. The van der Waals surface area contributed by atoms with Crippen LogP contribution in [0.15, 0.2) is 47.5 Å². The van der Waals surface area contributed by atoms with E-state index in [-0.39, 0.29) is 5.69 Å². The predicted molar refractivity (Wildman–Crippen MR) is 82.6 cm³/mol. The van der Waals surface area contributed by atoms with E-state index in [4.69, 9.17) is 0 Å². The molecule has 0 spiro atoms. The number of anilines is 1. The summed E-state index contributed by atoms with van der Waals surface area (Å²) < 4.78 is 60.6. The fourth-order valence-electron chi connectivity index (χ4n) is 2.02. The number of nitrogens with one attached hydrogen (secondary N) is 1. The molecule has 0 aliphatic heterocycles. The maximum atomic E-state index is 12.6. The third kappa shape index (κ3) is 3.87. The first-order valence-electron chi connectivity index (χ1n) is 6.81. The lowest BCUT2D eigenvalue weighted by molar-refractivity contribution is -0.384. The molecule has 0 saturated heterocycles. The molecule has 0 aliphatic carbocycles. The quantitative estimate of drug-likeness (QED) is 0.634. The van der Waals surface area contributed by atoms with Gasteiger partial charge in [-0.25, -0.2) is 8.42 Å². The van der Waals surface area contributed by atoms with E-state index < -0.39 is 36.9 Å². The van der Waals surface area contributed by atoms with Gasteiger partial charge in [0.2, 0.25) is 0 Å². The highest BCUT2D eigenvalue weighted by molar-refractivity contribution is 7.92. The van der Waals surface area contributed by atoms with E-state index in [9.17, 15) is 31.7 Å². The lowest BCUT2D eigenvalue weighted by atomic mass is 10.2. The van der Waals surface area contributed by atoms with Crippen LogP contribution in [0.5, 0.6) is 0 Å². The summed E-state index contributed by atoms with van der Waals surface area (Å²) in [7, 11) is -5.67. The second-order valence-corrected chi connectivity index (χ2v) is 6.95. The highest BCUT2D eigenvalue weighted by atomic mass is 32.2. The number of benzene rings is 1. The predicted octanol–water partition coefficient (Wildman–Crippen LogP) is 3.46. The molecule has 1 heterocycles. The van der Waals surface area contributed by atoms with E-state index in [0.717, 1.165) is 6.07 Å². The van der Waals surface area contributed by atoms with E-state index in [1.54, 1.807) is 25.1 Å². The van der Waals surface area contributed by atoms with Gasteiger partial charge in [-0.15, -0.1) is 0 Å². The van der Waals surface area contributed by atoms with Gasteiger partial charge in [-0.2, -0.15) is 13.2 Å². The van der Waals surface area contributed by atoms with Crippen LogP contribution < -0.4 is 5.32 Å². The van der Waals surface area contributed by atoms with Gasteiger partial charge in [0, 0.05) is 12.3 Å². The third-order valence-electron chi connectivity index (χ3n) is 3.28. The lowest BCUT2D eigenvalue weighted by Crippen LogP contribution is -2.23. The molecule has 0 unspecified atom stereocenters. The molecule has 0 fully saturated rings. The summed E-state index contributed by atoms with van der Waals surface area (Å²) in [5.74, 6) is 0. The molecule has 1 N–H and O–H groups in total. The second kappa shape index (κ2) is 6.67. The van der Waals surface area contributed by atoms with Crippen LogP contribution in [0.3, 0.4) is 0 Å². The van der Waals surface area contributed by atoms with Crippen molar-refractivity contribution in [3.05, 3.63) is 58.4 Å². The van der Waals surface area contributed by atoms with Gasteiger partial charge in [0.15, 0.2) is 0 Å². The maximum Gasteiger partial charge on any atom is 0.501 e. The van der Waals surface area contributed by atoms with Crippen molar-refractivity contribution in [3.63, 3.8) is 0 Å². The number of halogens is 3. The number of hydrogen-bond acceptors (Lipinski definition) is 6. The summed E-state index contributed by atoms with van der Waals surface area (Å²) in [6.07, 6.45) is 1.51. The van der Waals surface area contributed by atoms with Crippen molar-refractivity contribution < 1.29 is 26.5 Å². The molecule has 11 heteroatoms. The van der Waals surface area contributed by atoms with Gasteiger partial charge < -0.3 is 5.32 Å². The number of hydrogen-bond donors (Lipinski definition) is 1. The summed E-state index contributed by atoms with van der Waals surface area (Å²) in [5, 5.41) is 13.9. The molecule has 0 saturated carbocycles. The largest absolute Gasteiger partial charge is 0.501 e. The number of sulfone groups is 1. The molecule has 1 atom stereocenters. The van der Waals surface area contributed by atoms with Gasteiger partial charge >= 0.3 is 5.51 Å². The molecular weight excluding hydrogens is 363 g/mol. The fourth-order valence-corrected chi connectivity index (χ4v) is 2.81. The summed E-state index contributed by atoms with van der Waals surface area (Å²) in [6, 6.07) is 6.52. The number of rotatable bonds is 5. The van der Waals surface area contributed by atoms with Crippen LogP contribution in [-0.2, 0) is 9.84 Å². The Bertz CT molecular complexity index is 886. The molecule has 1 aromatic carbocycles. The molecular formula is C14H12F3N3O4S. The van der Waals surface area contributed by atoms with Crippen molar-refractivity contribution in [1.29, 1.82) is 0 Å². The smallest absolute Gasteiger partial charge is 0.371 e. The van der Waals surface area contributed by atoms with Crippen LogP contribution in [0.2, 0.25) is 0 Å². The molecule has 7 nitrogen and oxygen atoms in total. The standard InChI is InChI=1S/C14H12F3N3O4S/c1-9(11-4-2-3-7-18-11)19-12-6-5-10(8-13(12)20(21)22)25(23,24)14(15,16)17/h2-9,19H,1H3/t9-/m0/s1. The Hall–Kier alpha value is -2.69. The summed E-state index contributed by atoms with van der Waals surface area (Å²) in [6.45, 7) is 1.65. The van der Waals surface area contributed by atoms with E-state index in [0.29, 0.717) is 17.8 Å². The number of nitrogens with zero attached hydrogens (tertiary/aromatic N) is 2. The van der Waals surface area contributed by atoms with E-state index >= 15 is 0 Å². The number of aromatic nitrogens is 1. The first kappa shape index (κ1) is 18.6. The number of nitro groups is 1. The fraction of sp³-hybridized carbons (Fsp3) is 0.214. The molecule has 0 aliphatic rings. The normalized spacial score (nSPS) is 13.3. The Morgan fingerprint density at radius 3 is 2.44 bits per heavy atom. The minimum atomic E-state index is -5.67. The van der Waals surface area contributed by atoms with Crippen molar-refractivity contribution in [2.45, 2.75) is 23.4 Å². The van der Waals surface area contributed by atoms with Crippen molar-refractivity contribution in [2.75, 3.05) is 5.32 Å². The Balaban J connectivity index is 2.43. The van der Waals surface area contributed by atoms with Gasteiger partial charge in [0.05, 0.1) is 21.6 Å². The van der Waals surface area contributed by atoms with Crippen LogP contribution in [-0.4, -0.2) is 23.8 Å². The Kier molecular flexibility index (Phi) is 4.97. The second-order valence-electron chi connectivity index (χ2n) is 5.01. The monoisotopic (exact) mass is 375 g/mol. The van der Waals surface area contributed by atoms with Crippen molar-refractivity contribution in [3.8, 4) is 0 Å². The number of nitro benzene ring substituents is 1. The molecule has 1 aromatic heterocycles. The molecule has 25 heavy (non-hydrogen) atoms. The Labute approximate surface area is 140 Å². The van der Waals surface area contributed by atoms with Gasteiger partial charge in [-0.3, -0.25) is 15.1 Å². The van der Waals surface area contributed by atoms with E-state index in [1.165, 1.54) is 6.20 Å². The van der Waals surface area contributed by atoms with E-state index in [1.807, 2.05) is 0 Å². The summed E-state index contributed by atoms with van der Waals surface area (Å²) in [5.41, 5.74) is -5.90. The Morgan fingerprint density at radius 2 is 1.92 bits per heavy atom. The lowest BCUT2D eigenvalue weighted by Gasteiger charge is -2.15. The van der Waals surface area contributed by atoms with Crippen molar-refractivity contribution in [2.24, 2.45) is 0 Å². The van der Waals surface area contributed by atoms with Crippen molar-refractivity contribution >= 4 is 21.2 Å². The summed E-state index contributed by atoms with van der Waals surface area (Å²) in [4.78, 5) is 13.1. The summed E-state index contributed by atoms with van der Waals surface area (Å²) >= 11 is 0. The SMILES string of the molecule is C[C@H](Nc1ccc(S(=O)(=O)C(F)(F)F)cc1[N+](=O)[O-])c1ccccn1. The minimum Gasteiger partial charge on any atom is -0.371 e. The van der Waals surface area contributed by atoms with Gasteiger partial charge in [0.25, 0.3) is 15.5 Å². The van der Waals surface area contributed by atoms with Crippen LogP contribution in [0.25, 0.3) is 0 Å². The maximum absolute atomic E-state index is 12.6. The zero-order chi connectivity index (χ0) is 18.8. The molecule has 0 bridgehead atoms. The van der Waals surface area contributed by atoms with Crippen LogP contribution in [0, 0.1) is 10.1 Å².